The van der Waals surface area contributed by atoms with Crippen molar-refractivity contribution in [3.05, 3.63) is 114 Å². The largest absolute Gasteiger partial charge is 0.465 e. The predicted molar refractivity (Wildman–Crippen MR) is 155 cm³/mol. The van der Waals surface area contributed by atoms with Crippen LogP contribution in [0.5, 0.6) is 0 Å². The zero-order valence-electron chi connectivity index (χ0n) is 22.2. The third kappa shape index (κ3) is 4.98. The number of allylic oxidation sites excluding steroid dienone is 3. The molecule has 3 aromatic carbocycles. The predicted octanol–water partition coefficient (Wildman–Crippen LogP) is 6.17. The second kappa shape index (κ2) is 11.4. The second-order valence-electron chi connectivity index (χ2n) is 9.84. The minimum Gasteiger partial charge on any atom is -0.465 e. The Labute approximate surface area is 221 Å². The van der Waals surface area contributed by atoms with Crippen molar-refractivity contribution >= 4 is 34.9 Å². The maximum atomic E-state index is 13.1. The summed E-state index contributed by atoms with van der Waals surface area (Å²) in [5.41, 5.74) is 0.704. The number of ether oxygens (including phenoxy) is 1. The van der Waals surface area contributed by atoms with Gasteiger partial charge in [-0.1, -0.05) is 60.7 Å². The summed E-state index contributed by atoms with van der Waals surface area (Å²) in [6, 6.07) is 32.2. The van der Waals surface area contributed by atoms with Crippen LogP contribution in [-0.4, -0.2) is 24.0 Å². The lowest BCUT2D eigenvalue weighted by Crippen LogP contribution is -2.38. The number of hydrogen-bond donors (Lipinski definition) is 0. The molecule has 0 radical (unpaired) electrons. The van der Waals surface area contributed by atoms with Gasteiger partial charge in [0.1, 0.15) is 23.2 Å². The first kappa shape index (κ1) is 26.8. The van der Waals surface area contributed by atoms with Crippen molar-refractivity contribution in [2.45, 2.75) is 46.2 Å². The molecular weight excluding hydrogens is 475 g/mol. The van der Waals surface area contributed by atoms with Gasteiger partial charge in [-0.3, -0.25) is 9.59 Å². The maximum Gasteiger partial charge on any atom is 0.316 e. The number of carbonyl (C=O) groups is 2. The van der Waals surface area contributed by atoms with Crippen molar-refractivity contribution in [3.8, 4) is 0 Å². The molecule has 190 valence electrons. The summed E-state index contributed by atoms with van der Waals surface area (Å²) >= 11 is 0. The van der Waals surface area contributed by atoms with Crippen LogP contribution in [-0.2, 0) is 14.3 Å². The molecule has 0 amide bonds. The number of esters is 1. The van der Waals surface area contributed by atoms with E-state index in [0.717, 1.165) is 5.57 Å². The van der Waals surface area contributed by atoms with Crippen molar-refractivity contribution in [2.75, 3.05) is 6.61 Å². The van der Waals surface area contributed by atoms with Crippen LogP contribution in [0.2, 0.25) is 0 Å². The summed E-state index contributed by atoms with van der Waals surface area (Å²) in [4.78, 5) is 25.8. The molecule has 3 aromatic rings. The number of hydrogen-bond acceptors (Lipinski definition) is 3. The summed E-state index contributed by atoms with van der Waals surface area (Å²) < 4.78 is 5.47. The Morgan fingerprint density at radius 1 is 0.919 bits per heavy atom. The summed E-state index contributed by atoms with van der Waals surface area (Å²) in [5.74, 6) is -0.159. The van der Waals surface area contributed by atoms with Crippen molar-refractivity contribution in [3.63, 3.8) is 0 Å². The highest BCUT2D eigenvalue weighted by Gasteiger charge is 2.50. The van der Waals surface area contributed by atoms with Crippen LogP contribution < -0.4 is 15.9 Å². The molecule has 0 heterocycles. The molecule has 1 aliphatic carbocycles. The molecule has 0 fully saturated rings. The zero-order chi connectivity index (χ0) is 26.5. The normalized spacial score (nSPS) is 19.2. The summed E-state index contributed by atoms with van der Waals surface area (Å²) in [5, 5.41) is 3.88. The Morgan fingerprint density at radius 3 is 1.81 bits per heavy atom. The first-order chi connectivity index (χ1) is 17.9. The van der Waals surface area contributed by atoms with Gasteiger partial charge in [0.2, 0.25) is 0 Å². The number of ketones is 1. The van der Waals surface area contributed by atoms with Crippen LogP contribution in [0.4, 0.5) is 0 Å². The smallest absolute Gasteiger partial charge is 0.316 e. The van der Waals surface area contributed by atoms with Crippen LogP contribution in [0.25, 0.3) is 0 Å². The van der Waals surface area contributed by atoms with Gasteiger partial charge in [-0.05, 0) is 87.7 Å². The lowest BCUT2D eigenvalue weighted by molar-refractivity contribution is -0.152. The number of benzene rings is 3. The first-order valence-corrected chi connectivity index (χ1v) is 14.9. The number of Topliss-reactive ketones (excluding diaryl/α,β-unsaturated/α-hetero) is 1. The second-order valence-corrected chi connectivity index (χ2v) is 13.7. The fraction of sp³-hybridized carbons (Fsp3) is 0.273. The first-order valence-electron chi connectivity index (χ1n) is 13.0. The molecule has 0 saturated heterocycles. The van der Waals surface area contributed by atoms with Gasteiger partial charge in [-0.25, -0.2) is 0 Å². The highest BCUT2D eigenvalue weighted by atomic mass is 31.2. The van der Waals surface area contributed by atoms with E-state index in [1.807, 2.05) is 26.8 Å². The molecular formula is C33H36O3P+. The van der Waals surface area contributed by atoms with Crippen LogP contribution in [0.3, 0.4) is 0 Å². The standard InChI is InChI=1S/C33H36O3P/c1-5-36-32(35)33(4)24-23-31(34)26(3)30(33)22-21-25(2)37(27-15-9-6-10-16-27,28-17-11-7-12-18-28)29-19-13-8-14-20-29/h6-22,25H,5,23-24H2,1-4H3/q+1/b22-21+. The van der Waals surface area contributed by atoms with Crippen LogP contribution >= 0.6 is 7.26 Å². The molecule has 0 saturated carbocycles. The van der Waals surface area contributed by atoms with Gasteiger partial charge in [0.05, 0.1) is 17.7 Å². The average molecular weight is 512 g/mol. The van der Waals surface area contributed by atoms with E-state index in [-0.39, 0.29) is 17.4 Å². The highest BCUT2D eigenvalue weighted by Crippen LogP contribution is 2.60. The van der Waals surface area contributed by atoms with Gasteiger partial charge < -0.3 is 4.74 Å². The number of rotatable bonds is 8. The lowest BCUT2D eigenvalue weighted by atomic mass is 9.70. The molecule has 4 heteroatoms. The molecule has 0 aromatic heterocycles. The summed E-state index contributed by atoms with van der Waals surface area (Å²) in [6.07, 6.45) is 5.09. The van der Waals surface area contributed by atoms with E-state index in [1.54, 1.807) is 0 Å². The summed E-state index contributed by atoms with van der Waals surface area (Å²) in [6.45, 7) is 8.16. The van der Waals surface area contributed by atoms with Crippen molar-refractivity contribution < 1.29 is 14.3 Å². The minimum absolute atomic E-state index is 0.100. The SMILES string of the molecule is CCOC(=O)C1(C)CCC(=O)C(C)=C1/C=C/C(C)[P+](c1ccccc1)(c1ccccc1)c1ccccc1. The van der Waals surface area contributed by atoms with Crippen molar-refractivity contribution in [1.82, 2.24) is 0 Å². The van der Waals surface area contributed by atoms with E-state index >= 15 is 0 Å². The summed E-state index contributed by atoms with van der Waals surface area (Å²) in [7, 11) is -2.14. The molecule has 0 aliphatic heterocycles. The van der Waals surface area contributed by atoms with E-state index in [2.05, 4.69) is 104 Å². The van der Waals surface area contributed by atoms with E-state index in [4.69, 9.17) is 4.74 Å². The quantitative estimate of drug-likeness (QED) is 0.268. The number of carbonyl (C=O) groups excluding carboxylic acids is 2. The maximum absolute atomic E-state index is 13.1. The Morgan fingerprint density at radius 2 is 1.38 bits per heavy atom. The Bertz CT molecular complexity index is 1200. The molecule has 0 bridgehead atoms. The average Bonchev–Trinajstić information content (AvgIpc) is 2.93. The fourth-order valence-corrected chi connectivity index (χ4v) is 10.1. The van der Waals surface area contributed by atoms with Gasteiger partial charge in [-0.15, -0.1) is 0 Å². The van der Waals surface area contributed by atoms with Gasteiger partial charge in [-0.2, -0.15) is 0 Å². The lowest BCUT2D eigenvalue weighted by Gasteiger charge is -2.34. The van der Waals surface area contributed by atoms with E-state index < -0.39 is 12.7 Å². The third-order valence-corrected chi connectivity index (χ3v) is 12.4. The molecule has 3 nitrogen and oxygen atoms in total. The molecule has 4 rings (SSSR count). The van der Waals surface area contributed by atoms with Crippen LogP contribution in [0.15, 0.2) is 114 Å². The van der Waals surface area contributed by atoms with Crippen LogP contribution in [0.1, 0.15) is 40.5 Å². The van der Waals surface area contributed by atoms with E-state index in [9.17, 15) is 9.59 Å². The topological polar surface area (TPSA) is 43.4 Å². The Kier molecular flexibility index (Phi) is 8.25. The molecule has 2 atom stereocenters. The van der Waals surface area contributed by atoms with Gasteiger partial charge in [0.15, 0.2) is 5.78 Å². The van der Waals surface area contributed by atoms with E-state index in [1.165, 1.54) is 15.9 Å². The molecule has 37 heavy (non-hydrogen) atoms. The Balaban J connectivity index is 1.91. The molecule has 0 N–H and O–H groups in total. The van der Waals surface area contributed by atoms with E-state index in [0.29, 0.717) is 25.0 Å². The minimum atomic E-state index is -2.14. The third-order valence-electron chi connectivity index (χ3n) is 7.64. The molecule has 2 unspecified atom stereocenters. The van der Waals surface area contributed by atoms with Gasteiger partial charge >= 0.3 is 5.97 Å². The highest BCUT2D eigenvalue weighted by molar-refractivity contribution is 7.96. The monoisotopic (exact) mass is 511 g/mol. The zero-order valence-corrected chi connectivity index (χ0v) is 23.1. The van der Waals surface area contributed by atoms with Crippen LogP contribution in [0, 0.1) is 5.41 Å². The van der Waals surface area contributed by atoms with Gasteiger partial charge in [0.25, 0.3) is 0 Å². The fourth-order valence-electron chi connectivity index (χ4n) is 5.57. The Hall–Kier alpha value is -3.29. The van der Waals surface area contributed by atoms with Crippen molar-refractivity contribution in [1.29, 1.82) is 0 Å². The van der Waals surface area contributed by atoms with Gasteiger partial charge in [0, 0.05) is 6.42 Å². The van der Waals surface area contributed by atoms with Crippen molar-refractivity contribution in [2.24, 2.45) is 5.41 Å². The molecule has 1 aliphatic rings. The molecule has 0 spiro atoms.